The molecule has 0 unspecified atom stereocenters. The number of ketones is 1. The number of hydrogen-bond acceptors (Lipinski definition) is 5. The predicted molar refractivity (Wildman–Crippen MR) is 65.5 cm³/mol. The Morgan fingerprint density at radius 1 is 1.33 bits per heavy atom. The minimum absolute atomic E-state index is 0.0283. The number of carbonyl (C=O) groups is 2. The molecule has 0 aliphatic carbocycles. The first kappa shape index (κ1) is 14.7. The SMILES string of the molecule is CC(=O)COC(=O)c1ccc(Cl)c(S(C)(=O)=O)c1. The number of sulfone groups is 1. The fraction of sp³-hybridized carbons (Fsp3) is 0.273. The van der Waals surface area contributed by atoms with Gasteiger partial charge in [-0.15, -0.1) is 0 Å². The van der Waals surface area contributed by atoms with Crippen LogP contribution in [0.4, 0.5) is 0 Å². The zero-order valence-electron chi connectivity index (χ0n) is 9.77. The summed E-state index contributed by atoms with van der Waals surface area (Å²) in [5, 5.41) is 0.0283. The Kier molecular flexibility index (Phi) is 4.48. The maximum absolute atomic E-state index is 11.5. The lowest BCUT2D eigenvalue weighted by Gasteiger charge is -2.06. The van der Waals surface area contributed by atoms with E-state index in [0.717, 1.165) is 12.3 Å². The number of ether oxygens (including phenoxy) is 1. The number of Topliss-reactive ketones (excluding diaryl/α,β-unsaturated/α-hetero) is 1. The largest absolute Gasteiger partial charge is 0.454 e. The molecule has 0 spiro atoms. The van der Waals surface area contributed by atoms with Crippen LogP contribution in [0, 0.1) is 0 Å². The van der Waals surface area contributed by atoms with Crippen LogP contribution < -0.4 is 0 Å². The summed E-state index contributed by atoms with van der Waals surface area (Å²) in [6, 6.07) is 3.75. The minimum atomic E-state index is -3.53. The highest BCUT2D eigenvalue weighted by molar-refractivity contribution is 7.90. The van der Waals surface area contributed by atoms with E-state index in [1.165, 1.54) is 19.1 Å². The van der Waals surface area contributed by atoms with Gasteiger partial charge in [-0.3, -0.25) is 4.79 Å². The molecule has 7 heteroatoms. The van der Waals surface area contributed by atoms with Crippen molar-refractivity contribution in [1.29, 1.82) is 0 Å². The summed E-state index contributed by atoms with van der Waals surface area (Å²) in [6.45, 7) is 0.923. The Balaban J connectivity index is 3.06. The molecule has 0 heterocycles. The van der Waals surface area contributed by atoms with Crippen LogP contribution in [0.1, 0.15) is 17.3 Å². The van der Waals surface area contributed by atoms with Crippen molar-refractivity contribution in [1.82, 2.24) is 0 Å². The molecule has 98 valence electrons. The van der Waals surface area contributed by atoms with Gasteiger partial charge in [0.2, 0.25) is 0 Å². The first-order chi connectivity index (χ1) is 8.21. The highest BCUT2D eigenvalue weighted by Crippen LogP contribution is 2.22. The fourth-order valence-electron chi connectivity index (χ4n) is 1.16. The summed E-state index contributed by atoms with van der Waals surface area (Å²) in [5.74, 6) is -1.08. The number of rotatable bonds is 4. The van der Waals surface area contributed by atoms with Crippen molar-refractivity contribution in [2.24, 2.45) is 0 Å². The molecule has 0 amide bonds. The second-order valence-electron chi connectivity index (χ2n) is 3.70. The van der Waals surface area contributed by atoms with Crippen LogP contribution in [-0.2, 0) is 19.4 Å². The molecule has 0 aliphatic rings. The predicted octanol–water partition coefficient (Wildman–Crippen LogP) is 1.49. The van der Waals surface area contributed by atoms with E-state index in [0.29, 0.717) is 0 Å². The summed E-state index contributed by atoms with van der Waals surface area (Å²) in [4.78, 5) is 22.0. The third kappa shape index (κ3) is 3.82. The van der Waals surface area contributed by atoms with Crippen LogP contribution in [0.5, 0.6) is 0 Å². The molecule has 18 heavy (non-hydrogen) atoms. The summed E-state index contributed by atoms with van der Waals surface area (Å²) in [7, 11) is -3.53. The molecule has 0 atom stereocenters. The van der Waals surface area contributed by atoms with Gasteiger partial charge < -0.3 is 4.74 Å². The summed E-state index contributed by atoms with van der Waals surface area (Å²) in [6.07, 6.45) is 0.985. The Morgan fingerprint density at radius 2 is 1.94 bits per heavy atom. The molecule has 1 rings (SSSR count). The van der Waals surface area contributed by atoms with Gasteiger partial charge in [0.25, 0.3) is 0 Å². The van der Waals surface area contributed by atoms with Crippen molar-refractivity contribution >= 4 is 33.2 Å². The fourth-order valence-corrected chi connectivity index (χ4v) is 2.47. The number of carbonyl (C=O) groups excluding carboxylic acids is 2. The third-order valence-electron chi connectivity index (χ3n) is 1.97. The van der Waals surface area contributed by atoms with Gasteiger partial charge >= 0.3 is 5.97 Å². The first-order valence-corrected chi connectivity index (χ1v) is 7.15. The van der Waals surface area contributed by atoms with Gasteiger partial charge in [0.15, 0.2) is 15.6 Å². The molecule has 0 bridgehead atoms. The number of halogens is 1. The van der Waals surface area contributed by atoms with Crippen LogP contribution in [0.25, 0.3) is 0 Å². The Labute approximate surface area is 110 Å². The van der Waals surface area contributed by atoms with Gasteiger partial charge in [0, 0.05) is 6.26 Å². The summed E-state index contributed by atoms with van der Waals surface area (Å²) in [5.41, 5.74) is 0.0288. The molecule has 0 saturated carbocycles. The first-order valence-electron chi connectivity index (χ1n) is 4.88. The van der Waals surface area contributed by atoms with Crippen molar-refractivity contribution in [2.75, 3.05) is 12.9 Å². The van der Waals surface area contributed by atoms with E-state index in [2.05, 4.69) is 4.74 Å². The van der Waals surface area contributed by atoms with E-state index in [9.17, 15) is 18.0 Å². The van der Waals surface area contributed by atoms with Crippen molar-refractivity contribution in [3.8, 4) is 0 Å². The van der Waals surface area contributed by atoms with Crippen molar-refractivity contribution in [2.45, 2.75) is 11.8 Å². The second-order valence-corrected chi connectivity index (χ2v) is 6.09. The number of benzene rings is 1. The molecule has 0 N–H and O–H groups in total. The zero-order chi connectivity index (χ0) is 13.9. The second kappa shape index (κ2) is 5.49. The average Bonchev–Trinajstić information content (AvgIpc) is 2.24. The zero-order valence-corrected chi connectivity index (χ0v) is 11.3. The highest BCUT2D eigenvalue weighted by atomic mass is 35.5. The number of hydrogen-bond donors (Lipinski definition) is 0. The van der Waals surface area contributed by atoms with Crippen molar-refractivity contribution in [3.63, 3.8) is 0 Å². The molecular weight excluding hydrogens is 280 g/mol. The average molecular weight is 291 g/mol. The van der Waals surface area contributed by atoms with Crippen LogP contribution >= 0.6 is 11.6 Å². The molecule has 1 aromatic carbocycles. The molecule has 0 aliphatic heterocycles. The van der Waals surface area contributed by atoms with Gasteiger partial charge in [-0.1, -0.05) is 11.6 Å². The molecular formula is C11H11ClO5S. The van der Waals surface area contributed by atoms with E-state index in [1.54, 1.807) is 0 Å². The summed E-state index contributed by atoms with van der Waals surface area (Å²) >= 11 is 5.73. The maximum Gasteiger partial charge on any atom is 0.338 e. The molecule has 0 fully saturated rings. The van der Waals surface area contributed by atoms with E-state index in [1.807, 2.05) is 0 Å². The minimum Gasteiger partial charge on any atom is -0.454 e. The van der Waals surface area contributed by atoms with E-state index in [4.69, 9.17) is 11.6 Å². The lowest BCUT2D eigenvalue weighted by molar-refractivity contribution is -0.120. The topological polar surface area (TPSA) is 77.5 Å². The van der Waals surface area contributed by atoms with Crippen molar-refractivity contribution in [3.05, 3.63) is 28.8 Å². The molecule has 5 nitrogen and oxygen atoms in total. The lowest BCUT2D eigenvalue weighted by atomic mass is 10.2. The molecule has 1 aromatic rings. The molecule has 0 saturated heterocycles. The van der Waals surface area contributed by atoms with Gasteiger partial charge in [-0.05, 0) is 25.1 Å². The van der Waals surface area contributed by atoms with Gasteiger partial charge in [0.05, 0.1) is 15.5 Å². The standard InChI is InChI=1S/C11H11ClO5S/c1-7(13)6-17-11(14)8-3-4-9(12)10(5-8)18(2,15)16/h3-5H,6H2,1-2H3. The maximum atomic E-state index is 11.5. The van der Waals surface area contributed by atoms with Crippen LogP contribution in [0.3, 0.4) is 0 Å². The van der Waals surface area contributed by atoms with E-state index >= 15 is 0 Å². The summed E-state index contributed by atoms with van der Waals surface area (Å²) < 4.78 is 27.5. The van der Waals surface area contributed by atoms with Crippen LogP contribution in [-0.4, -0.2) is 33.0 Å². The smallest absolute Gasteiger partial charge is 0.338 e. The van der Waals surface area contributed by atoms with Crippen LogP contribution in [0.15, 0.2) is 23.1 Å². The van der Waals surface area contributed by atoms with Gasteiger partial charge in [-0.2, -0.15) is 0 Å². The highest BCUT2D eigenvalue weighted by Gasteiger charge is 2.16. The quantitative estimate of drug-likeness (QED) is 0.785. The van der Waals surface area contributed by atoms with E-state index < -0.39 is 15.8 Å². The van der Waals surface area contributed by atoms with Gasteiger partial charge in [0.1, 0.15) is 6.61 Å². The van der Waals surface area contributed by atoms with Crippen molar-refractivity contribution < 1.29 is 22.7 Å². The molecule has 0 radical (unpaired) electrons. The molecule has 0 aromatic heterocycles. The Morgan fingerprint density at radius 3 is 2.44 bits per heavy atom. The van der Waals surface area contributed by atoms with E-state index in [-0.39, 0.29) is 27.9 Å². The normalized spacial score (nSPS) is 11.1. The van der Waals surface area contributed by atoms with Gasteiger partial charge in [-0.25, -0.2) is 13.2 Å². The van der Waals surface area contributed by atoms with Crippen LogP contribution in [0.2, 0.25) is 5.02 Å². The third-order valence-corrected chi connectivity index (χ3v) is 3.55. The lowest BCUT2D eigenvalue weighted by Crippen LogP contribution is -2.12. The Hall–Kier alpha value is -1.40. The Bertz CT molecular complexity index is 591. The monoisotopic (exact) mass is 290 g/mol. The number of esters is 1.